The highest BCUT2D eigenvalue weighted by Gasteiger charge is 2.16. The first kappa shape index (κ1) is 13.8. The van der Waals surface area contributed by atoms with Crippen LogP contribution >= 0.6 is 11.6 Å². The number of rotatable bonds is 5. The van der Waals surface area contributed by atoms with Crippen LogP contribution < -0.4 is 5.73 Å². The van der Waals surface area contributed by atoms with E-state index >= 15 is 0 Å². The molecule has 0 fully saturated rings. The molecule has 4 nitrogen and oxygen atoms in total. The Morgan fingerprint density at radius 2 is 2.24 bits per heavy atom. The lowest BCUT2D eigenvalue weighted by atomic mass is 10.2. The Balaban J connectivity index is 2.67. The smallest absolute Gasteiger partial charge is 0.339 e. The van der Waals surface area contributed by atoms with Crippen molar-refractivity contribution in [1.29, 1.82) is 0 Å². The third-order valence-corrected chi connectivity index (χ3v) is 2.71. The van der Waals surface area contributed by atoms with Crippen LogP contribution in [0.15, 0.2) is 18.2 Å². The standard InChI is InChI=1S/C12H16ClNO3/c1-8(6-7-16-2)17-12(15)9-4-3-5-10(14)11(9)13/h3-5,8H,6-7,14H2,1-2H3. The molecule has 0 heterocycles. The monoisotopic (exact) mass is 257 g/mol. The number of carbonyl (C=O) groups excluding carboxylic acids is 1. The minimum Gasteiger partial charge on any atom is -0.459 e. The Bertz CT molecular complexity index is 395. The van der Waals surface area contributed by atoms with E-state index in [1.165, 1.54) is 0 Å². The molecule has 0 aliphatic heterocycles. The number of nitrogens with two attached hydrogens (primary N) is 1. The van der Waals surface area contributed by atoms with Crippen LogP contribution in [0.3, 0.4) is 0 Å². The van der Waals surface area contributed by atoms with Gasteiger partial charge >= 0.3 is 5.97 Å². The number of halogens is 1. The van der Waals surface area contributed by atoms with Gasteiger partial charge in [-0.3, -0.25) is 0 Å². The molecule has 94 valence electrons. The normalized spacial score (nSPS) is 12.2. The van der Waals surface area contributed by atoms with Gasteiger partial charge in [0.05, 0.1) is 16.3 Å². The second-order valence-electron chi connectivity index (χ2n) is 3.71. The maximum atomic E-state index is 11.8. The summed E-state index contributed by atoms with van der Waals surface area (Å²) in [4.78, 5) is 11.8. The van der Waals surface area contributed by atoms with Crippen LogP contribution in [0, 0.1) is 0 Å². The molecule has 0 saturated carbocycles. The van der Waals surface area contributed by atoms with Gasteiger partial charge in [0.1, 0.15) is 6.10 Å². The fourth-order valence-electron chi connectivity index (χ4n) is 1.30. The third kappa shape index (κ3) is 3.91. The molecule has 1 aromatic carbocycles. The predicted octanol–water partition coefficient (Wildman–Crippen LogP) is 2.50. The maximum absolute atomic E-state index is 11.8. The first-order chi connectivity index (χ1) is 8.06. The van der Waals surface area contributed by atoms with Gasteiger partial charge in [-0.25, -0.2) is 4.79 Å². The summed E-state index contributed by atoms with van der Waals surface area (Å²) in [5.74, 6) is -0.467. The Hall–Kier alpha value is -1.26. The van der Waals surface area contributed by atoms with Crippen LogP contribution in [0.25, 0.3) is 0 Å². The highest BCUT2D eigenvalue weighted by molar-refractivity contribution is 6.36. The Morgan fingerprint density at radius 3 is 2.88 bits per heavy atom. The molecule has 1 unspecified atom stereocenters. The quantitative estimate of drug-likeness (QED) is 0.650. The summed E-state index contributed by atoms with van der Waals surface area (Å²) in [7, 11) is 1.60. The van der Waals surface area contributed by atoms with Crippen molar-refractivity contribution in [3.63, 3.8) is 0 Å². The fraction of sp³-hybridized carbons (Fsp3) is 0.417. The van der Waals surface area contributed by atoms with E-state index in [0.29, 0.717) is 18.7 Å². The van der Waals surface area contributed by atoms with E-state index in [-0.39, 0.29) is 16.7 Å². The van der Waals surface area contributed by atoms with Gasteiger partial charge in [0.15, 0.2) is 0 Å². The number of nitrogen functional groups attached to an aromatic ring is 1. The van der Waals surface area contributed by atoms with Crippen molar-refractivity contribution in [1.82, 2.24) is 0 Å². The molecule has 0 radical (unpaired) electrons. The number of benzene rings is 1. The molecule has 2 N–H and O–H groups in total. The van der Waals surface area contributed by atoms with Gasteiger partial charge in [0.25, 0.3) is 0 Å². The van der Waals surface area contributed by atoms with Gasteiger partial charge in [0, 0.05) is 20.1 Å². The number of methoxy groups -OCH3 is 1. The summed E-state index contributed by atoms with van der Waals surface area (Å²) >= 11 is 5.93. The van der Waals surface area contributed by atoms with E-state index in [1.807, 2.05) is 0 Å². The summed E-state index contributed by atoms with van der Waals surface area (Å²) in [5, 5.41) is 0.233. The largest absolute Gasteiger partial charge is 0.459 e. The Morgan fingerprint density at radius 1 is 1.53 bits per heavy atom. The zero-order valence-corrected chi connectivity index (χ0v) is 10.7. The molecule has 1 rings (SSSR count). The first-order valence-electron chi connectivity index (χ1n) is 5.30. The zero-order valence-electron chi connectivity index (χ0n) is 9.90. The van der Waals surface area contributed by atoms with Gasteiger partial charge in [-0.2, -0.15) is 0 Å². The van der Waals surface area contributed by atoms with Crippen molar-refractivity contribution in [3.8, 4) is 0 Å². The van der Waals surface area contributed by atoms with Crippen LogP contribution in [0.1, 0.15) is 23.7 Å². The average molecular weight is 258 g/mol. The molecule has 17 heavy (non-hydrogen) atoms. The van der Waals surface area contributed by atoms with Gasteiger partial charge < -0.3 is 15.2 Å². The van der Waals surface area contributed by atoms with Gasteiger partial charge in [0.2, 0.25) is 0 Å². The minimum atomic E-state index is -0.467. The summed E-state index contributed by atoms with van der Waals surface area (Å²) in [5.41, 5.74) is 6.26. The number of hydrogen-bond acceptors (Lipinski definition) is 4. The topological polar surface area (TPSA) is 61.5 Å². The van der Waals surface area contributed by atoms with E-state index in [0.717, 1.165) is 0 Å². The predicted molar refractivity (Wildman–Crippen MR) is 67.2 cm³/mol. The molecule has 0 amide bonds. The lowest BCUT2D eigenvalue weighted by molar-refractivity contribution is 0.0267. The van der Waals surface area contributed by atoms with E-state index in [9.17, 15) is 4.79 Å². The number of anilines is 1. The third-order valence-electron chi connectivity index (χ3n) is 2.29. The van der Waals surface area contributed by atoms with Crippen LogP contribution in [-0.2, 0) is 9.47 Å². The zero-order chi connectivity index (χ0) is 12.8. The molecule has 0 spiro atoms. The number of hydrogen-bond donors (Lipinski definition) is 1. The van der Waals surface area contributed by atoms with Crippen molar-refractivity contribution in [3.05, 3.63) is 28.8 Å². The molecule has 5 heteroatoms. The molecule has 0 aromatic heterocycles. The molecular weight excluding hydrogens is 242 g/mol. The van der Waals surface area contributed by atoms with Crippen molar-refractivity contribution in [2.75, 3.05) is 19.5 Å². The van der Waals surface area contributed by atoms with Gasteiger partial charge in [-0.1, -0.05) is 17.7 Å². The number of esters is 1. The Kier molecular flexibility index (Phi) is 5.25. The molecule has 0 aliphatic rings. The summed E-state index contributed by atoms with van der Waals surface area (Å²) < 4.78 is 10.1. The van der Waals surface area contributed by atoms with Gasteiger partial charge in [-0.15, -0.1) is 0 Å². The maximum Gasteiger partial charge on any atom is 0.339 e. The molecule has 1 atom stereocenters. The van der Waals surface area contributed by atoms with Crippen molar-refractivity contribution < 1.29 is 14.3 Å². The minimum absolute atomic E-state index is 0.222. The van der Waals surface area contributed by atoms with Crippen molar-refractivity contribution in [2.24, 2.45) is 0 Å². The lowest BCUT2D eigenvalue weighted by Gasteiger charge is -2.13. The highest BCUT2D eigenvalue weighted by Crippen LogP contribution is 2.24. The fourth-order valence-corrected chi connectivity index (χ4v) is 1.50. The van der Waals surface area contributed by atoms with E-state index < -0.39 is 5.97 Å². The van der Waals surface area contributed by atoms with Crippen LogP contribution in [0.2, 0.25) is 5.02 Å². The Labute approximate surface area is 106 Å². The van der Waals surface area contributed by atoms with Crippen molar-refractivity contribution >= 4 is 23.3 Å². The molecule has 1 aromatic rings. The van der Waals surface area contributed by atoms with E-state index in [1.54, 1.807) is 32.2 Å². The average Bonchev–Trinajstić information content (AvgIpc) is 2.29. The van der Waals surface area contributed by atoms with Crippen LogP contribution in [-0.4, -0.2) is 25.8 Å². The molecule has 0 aliphatic carbocycles. The summed E-state index contributed by atoms with van der Waals surface area (Å²) in [6, 6.07) is 4.88. The van der Waals surface area contributed by atoms with Crippen LogP contribution in [0.5, 0.6) is 0 Å². The molecular formula is C12H16ClNO3. The summed E-state index contributed by atoms with van der Waals surface area (Å²) in [6.07, 6.45) is 0.419. The molecule has 0 saturated heterocycles. The van der Waals surface area contributed by atoms with Gasteiger partial charge in [-0.05, 0) is 19.1 Å². The first-order valence-corrected chi connectivity index (χ1v) is 5.68. The number of carbonyl (C=O) groups is 1. The highest BCUT2D eigenvalue weighted by atomic mass is 35.5. The second kappa shape index (κ2) is 6.47. The van der Waals surface area contributed by atoms with E-state index in [4.69, 9.17) is 26.8 Å². The second-order valence-corrected chi connectivity index (χ2v) is 4.08. The SMILES string of the molecule is COCCC(C)OC(=O)c1cccc(N)c1Cl. The van der Waals surface area contributed by atoms with Crippen LogP contribution in [0.4, 0.5) is 5.69 Å². The summed E-state index contributed by atoms with van der Waals surface area (Å²) in [6.45, 7) is 2.34. The van der Waals surface area contributed by atoms with Crippen molar-refractivity contribution in [2.45, 2.75) is 19.4 Å². The molecule has 0 bridgehead atoms. The lowest BCUT2D eigenvalue weighted by Crippen LogP contribution is -2.17. The van der Waals surface area contributed by atoms with E-state index in [2.05, 4.69) is 0 Å². The number of ether oxygens (including phenoxy) is 2.